The van der Waals surface area contributed by atoms with Crippen LogP contribution in [0.25, 0.3) is 0 Å². The van der Waals surface area contributed by atoms with Crippen molar-refractivity contribution in [3.05, 3.63) is 42.3 Å². The minimum absolute atomic E-state index is 0.00490. The average Bonchev–Trinajstić information content (AvgIpc) is 2.36. The number of hydrogen-bond donors (Lipinski definition) is 1. The molecule has 5 heteroatoms. The van der Waals surface area contributed by atoms with E-state index < -0.39 is 5.82 Å². The Labute approximate surface area is 111 Å². The molecule has 100 valence electrons. The predicted octanol–water partition coefficient (Wildman–Crippen LogP) is 3.38. The third-order valence-corrected chi connectivity index (χ3v) is 2.29. The number of rotatable bonds is 4. The third-order valence-electron chi connectivity index (χ3n) is 2.29. The summed E-state index contributed by atoms with van der Waals surface area (Å²) >= 11 is 0. The highest BCUT2D eigenvalue weighted by atomic mass is 19.1. The van der Waals surface area contributed by atoms with Crippen LogP contribution in [0, 0.1) is 5.82 Å². The number of hydrogen-bond acceptors (Lipinski definition) is 4. The first kappa shape index (κ1) is 13.1. The Morgan fingerprint density at radius 3 is 2.74 bits per heavy atom. The molecule has 0 radical (unpaired) electrons. The molecule has 0 fully saturated rings. The van der Waals surface area contributed by atoms with Gasteiger partial charge in [-0.05, 0) is 38.1 Å². The Balaban J connectivity index is 2.25. The molecule has 0 aliphatic carbocycles. The van der Waals surface area contributed by atoms with Crippen LogP contribution in [-0.2, 0) is 0 Å². The van der Waals surface area contributed by atoms with Crippen molar-refractivity contribution in [3.8, 4) is 17.4 Å². The summed E-state index contributed by atoms with van der Waals surface area (Å²) in [7, 11) is 0. The molecule has 1 aromatic carbocycles. The van der Waals surface area contributed by atoms with Gasteiger partial charge in [-0.15, -0.1) is 0 Å². The van der Waals surface area contributed by atoms with Crippen molar-refractivity contribution >= 4 is 5.69 Å². The average molecular weight is 262 g/mol. The maximum atomic E-state index is 13.3. The largest absolute Gasteiger partial charge is 0.485 e. The van der Waals surface area contributed by atoms with Crippen LogP contribution in [0.5, 0.6) is 17.4 Å². The number of nitrogens with zero attached hydrogens (tertiary/aromatic N) is 1. The van der Waals surface area contributed by atoms with Crippen molar-refractivity contribution in [3.63, 3.8) is 0 Å². The topological polar surface area (TPSA) is 57.4 Å². The Bertz CT molecular complexity index is 573. The summed E-state index contributed by atoms with van der Waals surface area (Å²) in [6, 6.07) is 7.72. The molecule has 2 rings (SSSR count). The fraction of sp³-hybridized carbons (Fsp3) is 0.214. The summed E-state index contributed by atoms with van der Waals surface area (Å²) < 4.78 is 24.4. The number of anilines is 1. The molecular formula is C14H15FN2O2. The van der Waals surface area contributed by atoms with Gasteiger partial charge in [-0.25, -0.2) is 9.37 Å². The lowest BCUT2D eigenvalue weighted by Gasteiger charge is -2.13. The van der Waals surface area contributed by atoms with E-state index >= 15 is 0 Å². The molecule has 19 heavy (non-hydrogen) atoms. The van der Waals surface area contributed by atoms with E-state index in [0.29, 0.717) is 17.4 Å². The summed E-state index contributed by atoms with van der Waals surface area (Å²) in [4.78, 5) is 4.08. The number of nitrogens with two attached hydrogens (primary N) is 1. The van der Waals surface area contributed by atoms with Crippen LogP contribution in [0.2, 0.25) is 0 Å². The fourth-order valence-electron chi connectivity index (χ4n) is 1.48. The molecule has 0 saturated heterocycles. The number of aromatic nitrogens is 1. The molecule has 1 heterocycles. The van der Waals surface area contributed by atoms with Gasteiger partial charge in [0.25, 0.3) is 5.88 Å². The van der Waals surface area contributed by atoms with E-state index in [1.807, 2.05) is 13.8 Å². The van der Waals surface area contributed by atoms with E-state index in [-0.39, 0.29) is 11.8 Å². The Morgan fingerprint density at radius 1 is 1.26 bits per heavy atom. The first-order valence-electron chi connectivity index (χ1n) is 5.91. The first-order chi connectivity index (χ1) is 9.06. The van der Waals surface area contributed by atoms with Gasteiger partial charge >= 0.3 is 0 Å². The smallest absolute Gasteiger partial charge is 0.262 e. The van der Waals surface area contributed by atoms with E-state index in [1.165, 1.54) is 12.1 Å². The van der Waals surface area contributed by atoms with Gasteiger partial charge in [-0.2, -0.15) is 0 Å². The number of benzene rings is 1. The van der Waals surface area contributed by atoms with E-state index in [0.717, 1.165) is 0 Å². The minimum atomic E-state index is -0.528. The van der Waals surface area contributed by atoms with E-state index in [2.05, 4.69) is 4.98 Å². The lowest BCUT2D eigenvalue weighted by Crippen LogP contribution is -2.07. The minimum Gasteiger partial charge on any atom is -0.485 e. The summed E-state index contributed by atoms with van der Waals surface area (Å²) in [6.45, 7) is 3.80. The number of pyridine rings is 1. The molecule has 0 amide bonds. The van der Waals surface area contributed by atoms with Crippen molar-refractivity contribution in [1.29, 1.82) is 0 Å². The van der Waals surface area contributed by atoms with Crippen LogP contribution in [0.1, 0.15) is 13.8 Å². The van der Waals surface area contributed by atoms with E-state index in [9.17, 15) is 4.39 Å². The lowest BCUT2D eigenvalue weighted by atomic mass is 10.3. The van der Waals surface area contributed by atoms with E-state index in [4.69, 9.17) is 15.2 Å². The summed E-state index contributed by atoms with van der Waals surface area (Å²) in [5.41, 5.74) is 5.48. The zero-order chi connectivity index (χ0) is 13.8. The van der Waals surface area contributed by atoms with Gasteiger partial charge in [0, 0.05) is 12.3 Å². The monoisotopic (exact) mass is 262 g/mol. The summed E-state index contributed by atoms with van der Waals surface area (Å²) in [6.07, 6.45) is 1.57. The summed E-state index contributed by atoms with van der Waals surface area (Å²) in [5, 5.41) is 0. The quantitative estimate of drug-likeness (QED) is 0.858. The molecule has 4 nitrogen and oxygen atoms in total. The molecule has 0 bridgehead atoms. The highest BCUT2D eigenvalue weighted by Gasteiger charge is 2.10. The standard InChI is InChI=1S/C14H15FN2O2/c1-9(2)18-13-4-3-7-17-14(13)19-10-5-6-12(16)11(15)8-10/h3-9H,16H2,1-2H3. The lowest BCUT2D eigenvalue weighted by molar-refractivity contribution is 0.231. The second kappa shape index (κ2) is 5.56. The molecule has 0 aliphatic heterocycles. The Kier molecular flexibility index (Phi) is 3.85. The SMILES string of the molecule is CC(C)Oc1cccnc1Oc1ccc(N)c(F)c1. The molecule has 0 atom stereocenters. The van der Waals surface area contributed by atoms with Crippen molar-refractivity contribution in [1.82, 2.24) is 4.98 Å². The van der Waals surface area contributed by atoms with Crippen LogP contribution in [0.4, 0.5) is 10.1 Å². The molecule has 2 N–H and O–H groups in total. The van der Waals surface area contributed by atoms with Gasteiger partial charge < -0.3 is 15.2 Å². The van der Waals surface area contributed by atoms with Crippen molar-refractivity contribution in [2.24, 2.45) is 0 Å². The van der Waals surface area contributed by atoms with Gasteiger partial charge in [0.05, 0.1) is 11.8 Å². The maximum absolute atomic E-state index is 13.3. The Morgan fingerprint density at radius 2 is 2.05 bits per heavy atom. The third kappa shape index (κ3) is 3.34. The van der Waals surface area contributed by atoms with Gasteiger partial charge in [-0.1, -0.05) is 0 Å². The highest BCUT2D eigenvalue weighted by Crippen LogP contribution is 2.30. The number of halogens is 1. The van der Waals surface area contributed by atoms with Crippen LogP contribution in [0.3, 0.4) is 0 Å². The zero-order valence-corrected chi connectivity index (χ0v) is 10.8. The van der Waals surface area contributed by atoms with Gasteiger partial charge in [0.2, 0.25) is 0 Å². The molecule has 0 saturated carbocycles. The van der Waals surface area contributed by atoms with Crippen LogP contribution < -0.4 is 15.2 Å². The van der Waals surface area contributed by atoms with Crippen LogP contribution in [-0.4, -0.2) is 11.1 Å². The molecule has 0 aliphatic rings. The Hall–Kier alpha value is -2.30. The molecule has 2 aromatic rings. The maximum Gasteiger partial charge on any atom is 0.262 e. The summed E-state index contributed by atoms with van der Waals surface area (Å²) in [5.74, 6) is 0.592. The van der Waals surface area contributed by atoms with Gasteiger partial charge in [-0.3, -0.25) is 0 Å². The fourth-order valence-corrected chi connectivity index (χ4v) is 1.48. The zero-order valence-electron chi connectivity index (χ0n) is 10.8. The van der Waals surface area contributed by atoms with Gasteiger partial charge in [0.15, 0.2) is 5.75 Å². The van der Waals surface area contributed by atoms with Crippen molar-refractivity contribution < 1.29 is 13.9 Å². The van der Waals surface area contributed by atoms with Crippen LogP contribution in [0.15, 0.2) is 36.5 Å². The first-order valence-corrected chi connectivity index (χ1v) is 5.91. The molecule has 1 aromatic heterocycles. The molecule has 0 spiro atoms. The highest BCUT2D eigenvalue weighted by molar-refractivity contribution is 5.45. The van der Waals surface area contributed by atoms with E-state index in [1.54, 1.807) is 24.4 Å². The second-order valence-electron chi connectivity index (χ2n) is 4.26. The normalized spacial score (nSPS) is 10.5. The van der Waals surface area contributed by atoms with Gasteiger partial charge in [0.1, 0.15) is 11.6 Å². The molecule has 0 unspecified atom stereocenters. The number of ether oxygens (including phenoxy) is 2. The van der Waals surface area contributed by atoms with Crippen molar-refractivity contribution in [2.45, 2.75) is 20.0 Å². The van der Waals surface area contributed by atoms with Crippen LogP contribution >= 0.6 is 0 Å². The number of nitrogen functional groups attached to an aromatic ring is 1. The predicted molar refractivity (Wildman–Crippen MR) is 70.9 cm³/mol. The second-order valence-corrected chi connectivity index (χ2v) is 4.26. The molecular weight excluding hydrogens is 247 g/mol. The van der Waals surface area contributed by atoms with Crippen molar-refractivity contribution in [2.75, 3.05) is 5.73 Å².